The third kappa shape index (κ3) is 2.63. The normalized spacial score (nSPS) is 29.0. The summed E-state index contributed by atoms with van der Waals surface area (Å²) in [5.41, 5.74) is 1.14. The molecule has 0 spiro atoms. The molecule has 3 rings (SSSR count). The second-order valence-electron chi connectivity index (χ2n) is 5.07. The average Bonchev–Trinajstić information content (AvgIpc) is 2.79. The Labute approximate surface area is 111 Å². The average molecular weight is 296 g/mol. The molecule has 2 unspecified atom stereocenters. The van der Waals surface area contributed by atoms with Crippen molar-refractivity contribution in [3.63, 3.8) is 0 Å². The highest BCUT2D eigenvalue weighted by Crippen LogP contribution is 2.28. The Balaban J connectivity index is 1.60. The van der Waals surface area contributed by atoms with E-state index in [2.05, 4.69) is 37.2 Å². The lowest BCUT2D eigenvalue weighted by Gasteiger charge is -2.35. The molecule has 0 bridgehead atoms. The number of rotatable bonds is 2. The first-order valence-corrected chi connectivity index (χ1v) is 7.23. The number of aromatic nitrogens is 1. The molecule has 1 aromatic heterocycles. The molecule has 4 heteroatoms. The van der Waals surface area contributed by atoms with E-state index in [4.69, 9.17) is 0 Å². The fourth-order valence-electron chi connectivity index (χ4n) is 3.05. The van der Waals surface area contributed by atoms with E-state index in [1.807, 2.05) is 12.3 Å². The lowest BCUT2D eigenvalue weighted by Crippen LogP contribution is -2.42. The van der Waals surface area contributed by atoms with Crippen molar-refractivity contribution < 1.29 is 0 Å². The third-order valence-electron chi connectivity index (χ3n) is 3.92. The van der Waals surface area contributed by atoms with Crippen LogP contribution in [0.3, 0.4) is 0 Å². The SMILES string of the molecule is Brc1ccc(NC2CCN3CCCC3C2)cn1. The van der Waals surface area contributed by atoms with Gasteiger partial charge in [0.25, 0.3) is 0 Å². The minimum atomic E-state index is 0.623. The second kappa shape index (κ2) is 4.94. The quantitative estimate of drug-likeness (QED) is 0.851. The molecular formula is C13H18BrN3. The Hall–Kier alpha value is -0.610. The van der Waals surface area contributed by atoms with Crippen molar-refractivity contribution >= 4 is 21.6 Å². The number of hydrogen-bond donors (Lipinski definition) is 1. The van der Waals surface area contributed by atoms with Crippen molar-refractivity contribution in [1.82, 2.24) is 9.88 Å². The van der Waals surface area contributed by atoms with E-state index in [0.29, 0.717) is 6.04 Å². The molecule has 2 fully saturated rings. The molecule has 0 amide bonds. The van der Waals surface area contributed by atoms with Gasteiger partial charge in [0.1, 0.15) is 4.60 Å². The molecule has 0 aliphatic carbocycles. The fourth-order valence-corrected chi connectivity index (χ4v) is 3.29. The number of nitrogens with zero attached hydrogens (tertiary/aromatic N) is 2. The smallest absolute Gasteiger partial charge is 0.106 e. The predicted octanol–water partition coefficient (Wildman–Crippen LogP) is 2.88. The predicted molar refractivity (Wildman–Crippen MR) is 73.2 cm³/mol. The lowest BCUT2D eigenvalue weighted by molar-refractivity contribution is 0.188. The van der Waals surface area contributed by atoms with Crippen molar-refractivity contribution in [2.45, 2.75) is 37.8 Å². The van der Waals surface area contributed by atoms with Crippen LogP contribution in [-0.2, 0) is 0 Å². The van der Waals surface area contributed by atoms with Gasteiger partial charge < -0.3 is 10.2 Å². The molecule has 3 nitrogen and oxygen atoms in total. The van der Waals surface area contributed by atoms with Gasteiger partial charge in [0.2, 0.25) is 0 Å². The zero-order valence-corrected chi connectivity index (χ0v) is 11.5. The summed E-state index contributed by atoms with van der Waals surface area (Å²) in [4.78, 5) is 6.91. The number of pyridine rings is 1. The molecule has 17 heavy (non-hydrogen) atoms. The second-order valence-corrected chi connectivity index (χ2v) is 5.88. The Morgan fingerprint density at radius 2 is 2.24 bits per heavy atom. The molecule has 0 saturated carbocycles. The minimum absolute atomic E-state index is 0.623. The Morgan fingerprint density at radius 3 is 3.06 bits per heavy atom. The molecule has 2 atom stereocenters. The summed E-state index contributed by atoms with van der Waals surface area (Å²) in [6.45, 7) is 2.57. The number of hydrogen-bond acceptors (Lipinski definition) is 3. The molecule has 2 saturated heterocycles. The third-order valence-corrected chi connectivity index (χ3v) is 4.39. The van der Waals surface area contributed by atoms with Gasteiger partial charge in [-0.25, -0.2) is 4.98 Å². The molecule has 92 valence electrons. The number of halogens is 1. The van der Waals surface area contributed by atoms with Crippen LogP contribution in [0.25, 0.3) is 0 Å². The van der Waals surface area contributed by atoms with Gasteiger partial charge in [-0.2, -0.15) is 0 Å². The summed E-state index contributed by atoms with van der Waals surface area (Å²) >= 11 is 3.36. The van der Waals surface area contributed by atoms with Crippen LogP contribution in [0.4, 0.5) is 5.69 Å². The molecule has 0 radical (unpaired) electrons. The summed E-state index contributed by atoms with van der Waals surface area (Å²) in [6, 6.07) is 5.53. The van der Waals surface area contributed by atoms with Crippen LogP contribution in [0.1, 0.15) is 25.7 Å². The highest BCUT2D eigenvalue weighted by atomic mass is 79.9. The zero-order chi connectivity index (χ0) is 11.7. The van der Waals surface area contributed by atoms with E-state index in [-0.39, 0.29) is 0 Å². The van der Waals surface area contributed by atoms with Crippen molar-refractivity contribution in [3.05, 3.63) is 22.9 Å². The first-order valence-electron chi connectivity index (χ1n) is 6.43. The van der Waals surface area contributed by atoms with E-state index in [1.165, 1.54) is 38.8 Å². The highest BCUT2D eigenvalue weighted by molar-refractivity contribution is 9.10. The number of nitrogens with one attached hydrogen (secondary N) is 1. The number of fused-ring (bicyclic) bond motifs is 1. The summed E-state index contributed by atoms with van der Waals surface area (Å²) < 4.78 is 0.897. The van der Waals surface area contributed by atoms with Gasteiger partial charge in [-0.15, -0.1) is 0 Å². The van der Waals surface area contributed by atoms with E-state index < -0.39 is 0 Å². The van der Waals surface area contributed by atoms with Crippen LogP contribution in [0.5, 0.6) is 0 Å². The summed E-state index contributed by atoms with van der Waals surface area (Å²) in [5.74, 6) is 0. The lowest BCUT2D eigenvalue weighted by atomic mass is 9.97. The van der Waals surface area contributed by atoms with Crippen molar-refractivity contribution in [1.29, 1.82) is 0 Å². The Morgan fingerprint density at radius 1 is 1.29 bits per heavy atom. The van der Waals surface area contributed by atoms with Crippen LogP contribution in [0, 0.1) is 0 Å². The van der Waals surface area contributed by atoms with Gasteiger partial charge in [0.15, 0.2) is 0 Å². The summed E-state index contributed by atoms with van der Waals surface area (Å²) in [7, 11) is 0. The Kier molecular flexibility index (Phi) is 3.34. The van der Waals surface area contributed by atoms with Gasteiger partial charge in [-0.05, 0) is 60.3 Å². The van der Waals surface area contributed by atoms with E-state index in [1.54, 1.807) is 0 Å². The van der Waals surface area contributed by atoms with Gasteiger partial charge in [-0.3, -0.25) is 0 Å². The largest absolute Gasteiger partial charge is 0.381 e. The van der Waals surface area contributed by atoms with Gasteiger partial charge in [-0.1, -0.05) is 0 Å². The van der Waals surface area contributed by atoms with Crippen LogP contribution in [0.2, 0.25) is 0 Å². The molecule has 0 aromatic carbocycles. The van der Waals surface area contributed by atoms with Crippen LogP contribution < -0.4 is 5.32 Å². The highest BCUT2D eigenvalue weighted by Gasteiger charge is 2.31. The van der Waals surface area contributed by atoms with Crippen molar-refractivity contribution in [3.8, 4) is 0 Å². The van der Waals surface area contributed by atoms with E-state index >= 15 is 0 Å². The maximum atomic E-state index is 4.25. The van der Waals surface area contributed by atoms with E-state index in [9.17, 15) is 0 Å². The van der Waals surface area contributed by atoms with Crippen LogP contribution in [0.15, 0.2) is 22.9 Å². The van der Waals surface area contributed by atoms with Crippen LogP contribution in [-0.4, -0.2) is 35.1 Å². The number of piperidine rings is 1. The minimum Gasteiger partial charge on any atom is -0.381 e. The zero-order valence-electron chi connectivity index (χ0n) is 9.90. The number of anilines is 1. The first-order chi connectivity index (χ1) is 8.31. The van der Waals surface area contributed by atoms with Crippen LogP contribution >= 0.6 is 15.9 Å². The molecular weight excluding hydrogens is 278 g/mol. The standard InChI is InChI=1S/C13H18BrN3/c14-13-4-3-11(9-15-13)16-10-5-7-17-6-1-2-12(17)8-10/h3-4,9-10,12,16H,1-2,5-8H2. The van der Waals surface area contributed by atoms with E-state index in [0.717, 1.165) is 16.3 Å². The topological polar surface area (TPSA) is 28.2 Å². The van der Waals surface area contributed by atoms with Crippen molar-refractivity contribution in [2.75, 3.05) is 18.4 Å². The Bertz CT molecular complexity index is 379. The van der Waals surface area contributed by atoms with Gasteiger partial charge in [0, 0.05) is 18.6 Å². The van der Waals surface area contributed by atoms with Gasteiger partial charge in [0.05, 0.1) is 11.9 Å². The maximum Gasteiger partial charge on any atom is 0.106 e. The monoisotopic (exact) mass is 295 g/mol. The molecule has 3 heterocycles. The summed E-state index contributed by atoms with van der Waals surface area (Å²) in [6.07, 6.45) is 7.22. The first kappa shape index (κ1) is 11.5. The van der Waals surface area contributed by atoms with Crippen molar-refractivity contribution in [2.24, 2.45) is 0 Å². The maximum absolute atomic E-state index is 4.25. The molecule has 1 aromatic rings. The summed E-state index contributed by atoms with van der Waals surface area (Å²) in [5, 5.41) is 3.61. The molecule has 2 aliphatic heterocycles. The fraction of sp³-hybridized carbons (Fsp3) is 0.615. The molecule has 1 N–H and O–H groups in total. The van der Waals surface area contributed by atoms with Gasteiger partial charge >= 0.3 is 0 Å². The molecule has 2 aliphatic rings.